The summed E-state index contributed by atoms with van der Waals surface area (Å²) in [5.74, 6) is -1.42. The molecule has 1 unspecified atom stereocenters. The molecule has 2 aliphatic rings. The molecule has 0 spiro atoms. The number of fused-ring (bicyclic) bond motifs is 8. The third kappa shape index (κ3) is 1.46. The molecule has 2 aromatic carbocycles. The van der Waals surface area contributed by atoms with Crippen LogP contribution < -0.4 is 4.90 Å². The highest BCUT2D eigenvalue weighted by Crippen LogP contribution is 2.50. The zero-order valence-corrected chi connectivity index (χ0v) is 12.9. The Balaban J connectivity index is 1.97. The Morgan fingerprint density at radius 1 is 1.17 bits per heavy atom. The Labute approximate surface area is 136 Å². The predicted molar refractivity (Wildman–Crippen MR) is 85.5 cm³/mol. The molecule has 1 amide bonds. The maximum absolute atomic E-state index is 13.9. The number of aromatic nitrogens is 2. The lowest BCUT2D eigenvalue weighted by atomic mass is 10.0. The molecule has 5 rings (SSSR count). The van der Waals surface area contributed by atoms with Crippen molar-refractivity contribution in [1.29, 1.82) is 0 Å². The fraction of sp³-hybridized carbons (Fsp3) is 0.222. The van der Waals surface area contributed by atoms with Crippen molar-refractivity contribution in [3.8, 4) is 11.4 Å². The van der Waals surface area contributed by atoms with E-state index < -0.39 is 17.3 Å². The molecule has 4 nitrogen and oxygen atoms in total. The SMILES string of the molecule is CC12CCC(=O)N1c1cc(F)c(F)cc1-c1nc3ccccc3n12. The van der Waals surface area contributed by atoms with E-state index in [2.05, 4.69) is 4.98 Å². The van der Waals surface area contributed by atoms with Crippen LogP contribution in [0.2, 0.25) is 0 Å². The summed E-state index contributed by atoms with van der Waals surface area (Å²) in [6.07, 6.45) is 0.957. The maximum atomic E-state index is 13.9. The lowest BCUT2D eigenvalue weighted by Crippen LogP contribution is -2.48. The first-order chi connectivity index (χ1) is 11.5. The smallest absolute Gasteiger partial charge is 0.229 e. The number of para-hydroxylation sites is 2. The van der Waals surface area contributed by atoms with Gasteiger partial charge < -0.3 is 0 Å². The number of amides is 1. The Bertz CT molecular complexity index is 1040. The van der Waals surface area contributed by atoms with Gasteiger partial charge in [0, 0.05) is 18.1 Å². The van der Waals surface area contributed by atoms with Gasteiger partial charge in [0.05, 0.1) is 16.7 Å². The van der Waals surface area contributed by atoms with Crippen LogP contribution in [0.5, 0.6) is 0 Å². The van der Waals surface area contributed by atoms with Gasteiger partial charge >= 0.3 is 0 Å². The minimum Gasteiger partial charge on any atom is -0.300 e. The molecule has 24 heavy (non-hydrogen) atoms. The quantitative estimate of drug-likeness (QED) is 0.631. The summed E-state index contributed by atoms with van der Waals surface area (Å²) < 4.78 is 29.7. The van der Waals surface area contributed by atoms with E-state index in [1.165, 1.54) is 0 Å². The standard InChI is InChI=1S/C18H13F2N3O/c1-18-7-6-16(24)22(18)15-9-12(20)11(19)8-10(15)17-21-13-4-2-3-5-14(13)23(17)18/h2-5,8-9H,6-7H2,1H3. The van der Waals surface area contributed by atoms with Crippen molar-refractivity contribution in [2.45, 2.75) is 25.4 Å². The molecule has 2 aliphatic heterocycles. The summed E-state index contributed by atoms with van der Waals surface area (Å²) in [6.45, 7) is 1.94. The zero-order valence-electron chi connectivity index (χ0n) is 12.9. The van der Waals surface area contributed by atoms with Crippen molar-refractivity contribution in [2.75, 3.05) is 4.90 Å². The van der Waals surface area contributed by atoms with Gasteiger partial charge in [0.15, 0.2) is 11.6 Å². The number of anilines is 1. The Hall–Kier alpha value is -2.76. The molecule has 3 aromatic rings. The van der Waals surface area contributed by atoms with Crippen LogP contribution >= 0.6 is 0 Å². The molecule has 0 saturated carbocycles. The highest BCUT2D eigenvalue weighted by Gasteiger charge is 2.50. The number of hydrogen-bond donors (Lipinski definition) is 0. The topological polar surface area (TPSA) is 38.1 Å². The molecule has 0 radical (unpaired) electrons. The van der Waals surface area contributed by atoms with Crippen LogP contribution in [-0.4, -0.2) is 15.5 Å². The lowest BCUT2D eigenvalue weighted by Gasteiger charge is -2.42. The van der Waals surface area contributed by atoms with Crippen molar-refractivity contribution in [3.63, 3.8) is 0 Å². The second-order valence-corrected chi connectivity index (χ2v) is 6.49. The van der Waals surface area contributed by atoms with Gasteiger partial charge in [0.25, 0.3) is 0 Å². The molecule has 120 valence electrons. The van der Waals surface area contributed by atoms with Crippen LogP contribution in [0.15, 0.2) is 36.4 Å². The maximum Gasteiger partial charge on any atom is 0.229 e. The van der Waals surface area contributed by atoms with E-state index in [0.717, 1.165) is 23.2 Å². The monoisotopic (exact) mass is 325 g/mol. The first-order valence-corrected chi connectivity index (χ1v) is 7.81. The summed E-state index contributed by atoms with van der Waals surface area (Å²) in [6, 6.07) is 9.84. The number of benzene rings is 2. The zero-order chi connectivity index (χ0) is 16.6. The minimum absolute atomic E-state index is 0.0896. The molecule has 1 atom stereocenters. The third-order valence-corrected chi connectivity index (χ3v) is 5.11. The van der Waals surface area contributed by atoms with Gasteiger partial charge in [-0.2, -0.15) is 0 Å². The van der Waals surface area contributed by atoms with E-state index in [1.54, 1.807) is 4.90 Å². The highest BCUT2D eigenvalue weighted by molar-refractivity contribution is 6.03. The van der Waals surface area contributed by atoms with E-state index in [4.69, 9.17) is 0 Å². The van der Waals surface area contributed by atoms with E-state index in [1.807, 2.05) is 35.8 Å². The van der Waals surface area contributed by atoms with Crippen molar-refractivity contribution in [1.82, 2.24) is 9.55 Å². The summed E-state index contributed by atoms with van der Waals surface area (Å²) in [5.41, 5.74) is 1.81. The molecular formula is C18H13F2N3O. The van der Waals surface area contributed by atoms with Gasteiger partial charge in [-0.15, -0.1) is 0 Å². The van der Waals surface area contributed by atoms with Crippen molar-refractivity contribution >= 4 is 22.6 Å². The van der Waals surface area contributed by atoms with Crippen LogP contribution in [0.1, 0.15) is 19.8 Å². The molecule has 0 aliphatic carbocycles. The Kier molecular flexibility index (Phi) is 2.39. The van der Waals surface area contributed by atoms with Crippen molar-refractivity contribution in [2.24, 2.45) is 0 Å². The van der Waals surface area contributed by atoms with Gasteiger partial charge in [-0.3, -0.25) is 14.3 Å². The largest absolute Gasteiger partial charge is 0.300 e. The van der Waals surface area contributed by atoms with Crippen LogP contribution in [0.4, 0.5) is 14.5 Å². The van der Waals surface area contributed by atoms with Gasteiger partial charge in [-0.25, -0.2) is 13.8 Å². The van der Waals surface area contributed by atoms with Crippen LogP contribution in [-0.2, 0) is 10.5 Å². The molecule has 0 N–H and O–H groups in total. The number of nitrogens with zero attached hydrogens (tertiary/aromatic N) is 3. The number of halogens is 2. The second kappa shape index (κ2) is 4.20. The highest BCUT2D eigenvalue weighted by atomic mass is 19.2. The summed E-state index contributed by atoms with van der Waals surface area (Å²) in [7, 11) is 0. The lowest BCUT2D eigenvalue weighted by molar-refractivity contribution is -0.117. The summed E-state index contributed by atoms with van der Waals surface area (Å²) in [5, 5.41) is 0. The summed E-state index contributed by atoms with van der Waals surface area (Å²) in [4.78, 5) is 18.7. The summed E-state index contributed by atoms with van der Waals surface area (Å²) >= 11 is 0. The van der Waals surface area contributed by atoms with Gasteiger partial charge in [0.2, 0.25) is 5.91 Å². The molecule has 6 heteroatoms. The second-order valence-electron chi connectivity index (χ2n) is 6.49. The first kappa shape index (κ1) is 13.7. The number of carbonyl (C=O) groups is 1. The van der Waals surface area contributed by atoms with E-state index >= 15 is 0 Å². The molecule has 3 heterocycles. The van der Waals surface area contributed by atoms with E-state index in [9.17, 15) is 13.6 Å². The van der Waals surface area contributed by atoms with E-state index in [0.29, 0.717) is 29.9 Å². The number of imidazole rings is 1. The Morgan fingerprint density at radius 3 is 2.75 bits per heavy atom. The number of carbonyl (C=O) groups excluding carboxylic acids is 1. The van der Waals surface area contributed by atoms with Gasteiger partial charge in [-0.05, 0) is 31.5 Å². The van der Waals surface area contributed by atoms with Crippen LogP contribution in [0.3, 0.4) is 0 Å². The van der Waals surface area contributed by atoms with E-state index in [-0.39, 0.29) is 5.91 Å². The normalized spacial score (nSPS) is 21.8. The van der Waals surface area contributed by atoms with Gasteiger partial charge in [0.1, 0.15) is 11.5 Å². The average Bonchev–Trinajstić information content (AvgIpc) is 3.09. The van der Waals surface area contributed by atoms with Crippen LogP contribution in [0.25, 0.3) is 22.4 Å². The first-order valence-electron chi connectivity index (χ1n) is 7.81. The fourth-order valence-corrected chi connectivity index (χ4v) is 4.04. The molecule has 1 saturated heterocycles. The molecule has 1 fully saturated rings. The minimum atomic E-state index is -0.958. The molecular weight excluding hydrogens is 312 g/mol. The average molecular weight is 325 g/mol. The molecule has 0 bridgehead atoms. The number of rotatable bonds is 0. The van der Waals surface area contributed by atoms with Crippen LogP contribution in [0, 0.1) is 11.6 Å². The van der Waals surface area contributed by atoms with Crippen molar-refractivity contribution in [3.05, 3.63) is 48.0 Å². The predicted octanol–water partition coefficient (Wildman–Crippen LogP) is 3.79. The third-order valence-electron chi connectivity index (χ3n) is 5.11. The fourth-order valence-electron chi connectivity index (χ4n) is 4.04. The van der Waals surface area contributed by atoms with Crippen molar-refractivity contribution < 1.29 is 13.6 Å². The van der Waals surface area contributed by atoms with Gasteiger partial charge in [-0.1, -0.05) is 12.1 Å². The Morgan fingerprint density at radius 2 is 1.92 bits per heavy atom. The molecule has 1 aromatic heterocycles. The number of hydrogen-bond acceptors (Lipinski definition) is 2.